The SMILES string of the molecule is O=C(/C=C/c1ccc(-c2cc(Cl)cc(Cl)c2)o1)NC(=S)Nc1ccc(NC(=O)c2ccco2)cc1. The highest BCUT2D eigenvalue weighted by Crippen LogP contribution is 2.29. The van der Waals surface area contributed by atoms with Crippen molar-refractivity contribution in [2.45, 2.75) is 0 Å². The van der Waals surface area contributed by atoms with Gasteiger partial charge in [0.25, 0.3) is 5.91 Å². The number of benzene rings is 2. The fraction of sp³-hybridized carbons (Fsp3) is 0. The number of furan rings is 2. The number of thiocarbonyl (C=S) groups is 1. The Morgan fingerprint density at radius 2 is 1.57 bits per heavy atom. The molecule has 176 valence electrons. The predicted octanol–water partition coefficient (Wildman–Crippen LogP) is 6.63. The van der Waals surface area contributed by atoms with E-state index < -0.39 is 5.91 Å². The summed E-state index contributed by atoms with van der Waals surface area (Å²) < 4.78 is 10.8. The Labute approximate surface area is 215 Å². The lowest BCUT2D eigenvalue weighted by molar-refractivity contribution is -0.115. The molecule has 0 fully saturated rings. The van der Waals surface area contributed by atoms with Gasteiger partial charge in [0, 0.05) is 33.1 Å². The zero-order valence-electron chi connectivity index (χ0n) is 17.9. The summed E-state index contributed by atoms with van der Waals surface area (Å²) >= 11 is 17.2. The second-order valence-electron chi connectivity index (χ2n) is 7.15. The van der Waals surface area contributed by atoms with Gasteiger partial charge in [0.2, 0.25) is 5.91 Å². The topological polar surface area (TPSA) is 96.5 Å². The minimum absolute atomic E-state index is 0.112. The van der Waals surface area contributed by atoms with Gasteiger partial charge in [-0.2, -0.15) is 0 Å². The van der Waals surface area contributed by atoms with Crippen LogP contribution in [0.4, 0.5) is 11.4 Å². The Morgan fingerprint density at radius 1 is 0.886 bits per heavy atom. The molecule has 7 nitrogen and oxygen atoms in total. The van der Waals surface area contributed by atoms with E-state index in [2.05, 4.69) is 16.0 Å². The largest absolute Gasteiger partial charge is 0.459 e. The minimum atomic E-state index is -0.436. The van der Waals surface area contributed by atoms with E-state index in [9.17, 15) is 9.59 Å². The molecular weight excluding hydrogens is 509 g/mol. The number of hydrogen-bond acceptors (Lipinski definition) is 5. The standard InChI is InChI=1S/C25H17Cl2N3O4S/c26-16-12-15(13-17(27)14-16)21-9-7-20(34-21)8-10-23(31)30-25(35)29-19-5-3-18(4-6-19)28-24(32)22-2-1-11-33-22/h1-14H,(H,28,32)(H2,29,30,31,35)/b10-8+. The van der Waals surface area contributed by atoms with Crippen molar-refractivity contribution in [2.75, 3.05) is 10.6 Å². The van der Waals surface area contributed by atoms with Crippen LogP contribution in [0, 0.1) is 0 Å². The molecule has 0 saturated heterocycles. The summed E-state index contributed by atoms with van der Waals surface area (Å²) in [6.07, 6.45) is 4.24. The van der Waals surface area contributed by atoms with Gasteiger partial charge < -0.3 is 19.5 Å². The molecule has 0 aliphatic heterocycles. The molecule has 0 atom stereocenters. The number of nitrogens with one attached hydrogen (secondary N) is 3. The average molecular weight is 526 g/mol. The maximum atomic E-state index is 12.2. The Kier molecular flexibility index (Phi) is 7.67. The van der Waals surface area contributed by atoms with Crippen molar-refractivity contribution in [3.05, 3.63) is 101 Å². The van der Waals surface area contributed by atoms with Gasteiger partial charge in [-0.1, -0.05) is 23.2 Å². The van der Waals surface area contributed by atoms with Gasteiger partial charge in [-0.15, -0.1) is 0 Å². The quantitative estimate of drug-likeness (QED) is 0.193. The summed E-state index contributed by atoms with van der Waals surface area (Å²) in [6.45, 7) is 0. The van der Waals surface area contributed by atoms with Crippen molar-refractivity contribution >= 4 is 69.8 Å². The van der Waals surface area contributed by atoms with Crippen molar-refractivity contribution in [3.8, 4) is 11.3 Å². The number of anilines is 2. The molecule has 2 heterocycles. The van der Waals surface area contributed by atoms with Gasteiger partial charge in [-0.05, 0) is 85.0 Å². The molecule has 3 N–H and O–H groups in total. The molecular formula is C25H17Cl2N3O4S. The number of carbonyl (C=O) groups excluding carboxylic acids is 2. The van der Waals surface area contributed by atoms with E-state index in [4.69, 9.17) is 44.3 Å². The zero-order chi connectivity index (χ0) is 24.8. The molecule has 0 aliphatic carbocycles. The first-order chi connectivity index (χ1) is 16.9. The fourth-order valence-corrected chi connectivity index (χ4v) is 3.75. The molecule has 4 rings (SSSR count). The van der Waals surface area contributed by atoms with Crippen molar-refractivity contribution < 1.29 is 18.4 Å². The third-order valence-electron chi connectivity index (χ3n) is 4.56. The van der Waals surface area contributed by atoms with Gasteiger partial charge in [-0.3, -0.25) is 14.9 Å². The molecule has 4 aromatic rings. The second kappa shape index (κ2) is 11.1. The molecule has 0 aliphatic rings. The lowest BCUT2D eigenvalue weighted by Gasteiger charge is -2.09. The predicted molar refractivity (Wildman–Crippen MR) is 141 cm³/mol. The molecule has 0 bridgehead atoms. The molecule has 2 aromatic heterocycles. The summed E-state index contributed by atoms with van der Waals surface area (Å²) in [4.78, 5) is 24.2. The molecule has 10 heteroatoms. The van der Waals surface area contributed by atoms with Crippen molar-refractivity contribution in [1.29, 1.82) is 0 Å². The van der Waals surface area contributed by atoms with Crippen LogP contribution in [0.25, 0.3) is 17.4 Å². The Morgan fingerprint density at radius 3 is 2.23 bits per heavy atom. The molecule has 2 aromatic carbocycles. The smallest absolute Gasteiger partial charge is 0.291 e. The van der Waals surface area contributed by atoms with Crippen molar-refractivity contribution in [3.63, 3.8) is 0 Å². The van der Waals surface area contributed by atoms with Gasteiger partial charge in [0.05, 0.1) is 6.26 Å². The van der Waals surface area contributed by atoms with E-state index in [0.29, 0.717) is 32.9 Å². The molecule has 35 heavy (non-hydrogen) atoms. The average Bonchev–Trinajstić information content (AvgIpc) is 3.51. The molecule has 0 spiro atoms. The Bertz CT molecular complexity index is 1380. The molecule has 0 radical (unpaired) electrons. The zero-order valence-corrected chi connectivity index (χ0v) is 20.2. The first kappa shape index (κ1) is 24.3. The summed E-state index contributed by atoms with van der Waals surface area (Å²) in [5, 5.41) is 9.27. The second-order valence-corrected chi connectivity index (χ2v) is 8.43. The van der Waals surface area contributed by atoms with E-state index in [1.807, 2.05) is 0 Å². The summed E-state index contributed by atoms with van der Waals surface area (Å²) in [5.41, 5.74) is 1.93. The van der Waals surface area contributed by atoms with Crippen molar-refractivity contribution in [1.82, 2.24) is 5.32 Å². The maximum absolute atomic E-state index is 12.2. The molecule has 2 amide bonds. The number of halogens is 2. The number of hydrogen-bond donors (Lipinski definition) is 3. The summed E-state index contributed by atoms with van der Waals surface area (Å²) in [7, 11) is 0. The number of carbonyl (C=O) groups is 2. The highest BCUT2D eigenvalue weighted by Gasteiger charge is 2.09. The summed E-state index contributed by atoms with van der Waals surface area (Å²) in [6, 6.07) is 18.6. The van der Waals surface area contributed by atoms with Crippen LogP contribution < -0.4 is 16.0 Å². The van der Waals surface area contributed by atoms with E-state index in [-0.39, 0.29) is 16.8 Å². The third-order valence-corrected chi connectivity index (χ3v) is 5.20. The first-order valence-electron chi connectivity index (χ1n) is 10.2. The normalized spacial score (nSPS) is 10.8. The highest BCUT2D eigenvalue weighted by atomic mass is 35.5. The Balaban J connectivity index is 1.28. The lowest BCUT2D eigenvalue weighted by Crippen LogP contribution is -2.32. The minimum Gasteiger partial charge on any atom is -0.459 e. The van der Waals surface area contributed by atoms with Crippen LogP contribution in [-0.2, 0) is 4.79 Å². The molecule has 0 saturated carbocycles. The van der Waals surface area contributed by atoms with Crippen LogP contribution in [0.2, 0.25) is 10.0 Å². The monoisotopic (exact) mass is 525 g/mol. The summed E-state index contributed by atoms with van der Waals surface area (Å²) in [5.74, 6) is 0.454. The van der Waals surface area contributed by atoms with Gasteiger partial charge in [-0.25, -0.2) is 0 Å². The number of rotatable bonds is 6. The van der Waals surface area contributed by atoms with E-state index in [1.54, 1.807) is 66.7 Å². The van der Waals surface area contributed by atoms with Crippen molar-refractivity contribution in [2.24, 2.45) is 0 Å². The van der Waals surface area contributed by atoms with Gasteiger partial charge in [0.15, 0.2) is 10.9 Å². The van der Waals surface area contributed by atoms with E-state index >= 15 is 0 Å². The van der Waals surface area contributed by atoms with Crippen LogP contribution in [0.3, 0.4) is 0 Å². The van der Waals surface area contributed by atoms with Crippen LogP contribution in [-0.4, -0.2) is 16.9 Å². The van der Waals surface area contributed by atoms with Crippen LogP contribution >= 0.6 is 35.4 Å². The van der Waals surface area contributed by atoms with E-state index in [0.717, 1.165) is 5.56 Å². The highest BCUT2D eigenvalue weighted by molar-refractivity contribution is 7.80. The van der Waals surface area contributed by atoms with Crippen LogP contribution in [0.5, 0.6) is 0 Å². The number of amides is 2. The van der Waals surface area contributed by atoms with E-state index in [1.165, 1.54) is 18.4 Å². The maximum Gasteiger partial charge on any atom is 0.291 e. The first-order valence-corrected chi connectivity index (χ1v) is 11.3. The lowest BCUT2D eigenvalue weighted by atomic mass is 10.2. The van der Waals surface area contributed by atoms with Gasteiger partial charge in [0.1, 0.15) is 11.5 Å². The molecule has 0 unspecified atom stereocenters. The van der Waals surface area contributed by atoms with Gasteiger partial charge >= 0.3 is 0 Å². The fourth-order valence-electron chi connectivity index (χ4n) is 3.00. The van der Waals surface area contributed by atoms with Crippen LogP contribution in [0.1, 0.15) is 16.3 Å². The Hall–Kier alpha value is -3.85. The van der Waals surface area contributed by atoms with Crippen LogP contribution in [0.15, 0.2) is 87.9 Å². The third kappa shape index (κ3) is 6.83.